The highest BCUT2D eigenvalue weighted by Gasteiger charge is 2.30. The van der Waals surface area contributed by atoms with Crippen LogP contribution >= 0.6 is 24.0 Å². The number of benzene rings is 1. The van der Waals surface area contributed by atoms with Gasteiger partial charge in [0.25, 0.3) is 0 Å². The molecule has 2 rings (SSSR count). The van der Waals surface area contributed by atoms with Gasteiger partial charge in [-0.3, -0.25) is 0 Å². The summed E-state index contributed by atoms with van der Waals surface area (Å²) in [7, 11) is 0. The van der Waals surface area contributed by atoms with Crippen LogP contribution in [0, 0.1) is 11.8 Å². The molecule has 1 aliphatic heterocycles. The van der Waals surface area contributed by atoms with Crippen LogP contribution in [0.15, 0.2) is 29.3 Å². The maximum absolute atomic E-state index is 12.7. The predicted octanol–water partition coefficient (Wildman–Crippen LogP) is 3.20. The summed E-state index contributed by atoms with van der Waals surface area (Å²) in [4.78, 5) is 17.4. The molecule has 1 amide bonds. The van der Waals surface area contributed by atoms with E-state index in [1.165, 1.54) is 12.1 Å². The van der Waals surface area contributed by atoms with Gasteiger partial charge in [-0.25, -0.2) is 9.79 Å². The van der Waals surface area contributed by atoms with Gasteiger partial charge in [0, 0.05) is 24.7 Å². The van der Waals surface area contributed by atoms with E-state index in [1.54, 1.807) is 11.8 Å². The van der Waals surface area contributed by atoms with Crippen LogP contribution in [0.4, 0.5) is 18.0 Å². The van der Waals surface area contributed by atoms with Gasteiger partial charge in [0.05, 0.1) is 12.2 Å². The Morgan fingerprint density at radius 3 is 2.69 bits per heavy atom. The number of piperidine rings is 1. The molecular formula is C19H24F3IN4O2. The van der Waals surface area contributed by atoms with Crippen LogP contribution in [-0.2, 0) is 10.9 Å². The molecule has 10 heteroatoms. The van der Waals surface area contributed by atoms with Gasteiger partial charge in [0.1, 0.15) is 6.54 Å². The fraction of sp³-hybridized carbons (Fsp3) is 0.474. The van der Waals surface area contributed by atoms with Crippen molar-refractivity contribution in [3.8, 4) is 11.8 Å². The van der Waals surface area contributed by atoms with E-state index >= 15 is 0 Å². The monoisotopic (exact) mass is 524 g/mol. The number of ether oxygens (including phenoxy) is 1. The fourth-order valence-corrected chi connectivity index (χ4v) is 2.72. The first-order chi connectivity index (χ1) is 13.3. The predicted molar refractivity (Wildman–Crippen MR) is 115 cm³/mol. The number of nitrogens with one attached hydrogen (secondary N) is 1. The molecule has 0 unspecified atom stereocenters. The Morgan fingerprint density at radius 1 is 1.38 bits per heavy atom. The number of rotatable bonds is 3. The lowest BCUT2D eigenvalue weighted by Crippen LogP contribution is -2.48. The van der Waals surface area contributed by atoms with E-state index in [-0.39, 0.29) is 54.2 Å². The average molecular weight is 524 g/mol. The van der Waals surface area contributed by atoms with Crippen LogP contribution in [0.5, 0.6) is 0 Å². The maximum atomic E-state index is 12.7. The van der Waals surface area contributed by atoms with Gasteiger partial charge in [0.2, 0.25) is 0 Å². The van der Waals surface area contributed by atoms with E-state index < -0.39 is 11.7 Å². The molecule has 160 valence electrons. The van der Waals surface area contributed by atoms with Crippen molar-refractivity contribution in [2.24, 2.45) is 10.7 Å². The Balaban J connectivity index is 0.00000420. The summed E-state index contributed by atoms with van der Waals surface area (Å²) in [6.07, 6.45) is -3.28. The Bertz CT molecular complexity index is 767. The van der Waals surface area contributed by atoms with Crippen molar-refractivity contribution in [2.75, 3.05) is 26.2 Å². The molecule has 0 aromatic heterocycles. The Hall–Kier alpha value is -2.16. The van der Waals surface area contributed by atoms with Gasteiger partial charge < -0.3 is 20.7 Å². The SMILES string of the molecule is CCOC(=O)N1CCC(NC(N)=NCC#Cc2cccc(C(F)(F)F)c2)CC1.I. The summed E-state index contributed by atoms with van der Waals surface area (Å²) < 4.78 is 43.0. The van der Waals surface area contributed by atoms with Gasteiger partial charge in [-0.05, 0) is 38.0 Å². The minimum absolute atomic E-state index is 0. The second-order valence-electron chi connectivity index (χ2n) is 6.19. The normalized spacial score (nSPS) is 15.0. The lowest BCUT2D eigenvalue weighted by Gasteiger charge is -2.31. The van der Waals surface area contributed by atoms with Crippen LogP contribution in [0.3, 0.4) is 0 Å². The number of aliphatic imine (C=N–C) groups is 1. The number of carbonyl (C=O) groups is 1. The lowest BCUT2D eigenvalue weighted by molar-refractivity contribution is -0.137. The molecule has 0 bridgehead atoms. The van der Waals surface area contributed by atoms with Gasteiger partial charge >= 0.3 is 12.3 Å². The van der Waals surface area contributed by atoms with Crippen LogP contribution in [0.2, 0.25) is 0 Å². The summed E-state index contributed by atoms with van der Waals surface area (Å²) in [6.45, 7) is 3.31. The molecular weight excluding hydrogens is 500 g/mol. The van der Waals surface area contributed by atoms with Crippen molar-refractivity contribution in [2.45, 2.75) is 32.0 Å². The lowest BCUT2D eigenvalue weighted by atomic mass is 10.1. The third-order valence-electron chi connectivity index (χ3n) is 4.12. The van der Waals surface area contributed by atoms with Crippen molar-refractivity contribution in [1.82, 2.24) is 10.2 Å². The minimum atomic E-state index is -4.40. The highest BCUT2D eigenvalue weighted by Crippen LogP contribution is 2.29. The number of carbonyl (C=O) groups excluding carboxylic acids is 1. The standard InChI is InChI=1S/C19H23F3N4O2.HI/c1-2-28-18(27)26-11-8-16(9-12-26)25-17(23)24-10-4-6-14-5-3-7-15(13-14)19(20,21)22;/h3,5,7,13,16H,2,8-12H2,1H3,(H3,23,24,25);1H. The summed E-state index contributed by atoms with van der Waals surface area (Å²) >= 11 is 0. The van der Waals surface area contributed by atoms with Gasteiger partial charge in [-0.15, -0.1) is 24.0 Å². The van der Waals surface area contributed by atoms with E-state index in [4.69, 9.17) is 10.5 Å². The highest BCUT2D eigenvalue weighted by atomic mass is 127. The molecule has 29 heavy (non-hydrogen) atoms. The van der Waals surface area contributed by atoms with Crippen molar-refractivity contribution >= 4 is 36.0 Å². The summed E-state index contributed by atoms with van der Waals surface area (Å²) in [5.41, 5.74) is 5.35. The number of hydrogen-bond acceptors (Lipinski definition) is 3. The molecule has 6 nitrogen and oxygen atoms in total. The first-order valence-corrected chi connectivity index (χ1v) is 8.94. The van der Waals surface area contributed by atoms with Gasteiger partial charge in [-0.1, -0.05) is 17.9 Å². The van der Waals surface area contributed by atoms with Crippen LogP contribution in [0.25, 0.3) is 0 Å². The van der Waals surface area contributed by atoms with Crippen molar-refractivity contribution in [1.29, 1.82) is 0 Å². The van der Waals surface area contributed by atoms with Crippen molar-refractivity contribution < 1.29 is 22.7 Å². The zero-order chi connectivity index (χ0) is 20.6. The zero-order valence-electron chi connectivity index (χ0n) is 16.0. The molecule has 1 heterocycles. The second kappa shape index (κ2) is 11.7. The number of amides is 1. The first-order valence-electron chi connectivity index (χ1n) is 8.94. The third kappa shape index (κ3) is 8.39. The Morgan fingerprint density at radius 2 is 2.07 bits per heavy atom. The average Bonchev–Trinajstić information content (AvgIpc) is 2.65. The molecule has 3 N–H and O–H groups in total. The first kappa shape index (κ1) is 24.9. The topological polar surface area (TPSA) is 80.0 Å². The molecule has 1 fully saturated rings. The van der Waals surface area contributed by atoms with E-state index in [2.05, 4.69) is 22.2 Å². The zero-order valence-corrected chi connectivity index (χ0v) is 18.3. The molecule has 0 radical (unpaired) electrons. The van der Waals surface area contributed by atoms with Crippen LogP contribution < -0.4 is 11.1 Å². The van der Waals surface area contributed by atoms with Crippen LogP contribution in [0.1, 0.15) is 30.9 Å². The fourth-order valence-electron chi connectivity index (χ4n) is 2.72. The van der Waals surface area contributed by atoms with E-state index in [0.29, 0.717) is 32.5 Å². The molecule has 0 atom stereocenters. The summed E-state index contributed by atoms with van der Waals surface area (Å²) in [6, 6.07) is 4.90. The number of halogens is 4. The van der Waals surface area contributed by atoms with Gasteiger partial charge in [-0.2, -0.15) is 13.2 Å². The molecule has 0 aliphatic carbocycles. The number of alkyl halides is 3. The van der Waals surface area contributed by atoms with Gasteiger partial charge in [0.15, 0.2) is 5.96 Å². The Kier molecular flexibility index (Phi) is 10.1. The third-order valence-corrected chi connectivity index (χ3v) is 4.12. The largest absolute Gasteiger partial charge is 0.450 e. The molecule has 0 spiro atoms. The van der Waals surface area contributed by atoms with Crippen molar-refractivity contribution in [3.63, 3.8) is 0 Å². The number of guanidine groups is 1. The van der Waals surface area contributed by atoms with E-state index in [0.717, 1.165) is 12.1 Å². The maximum Gasteiger partial charge on any atom is 0.416 e. The van der Waals surface area contributed by atoms with Crippen LogP contribution in [-0.4, -0.2) is 49.2 Å². The number of hydrogen-bond donors (Lipinski definition) is 2. The number of likely N-dealkylation sites (tertiary alicyclic amines) is 1. The summed E-state index contributed by atoms with van der Waals surface area (Å²) in [5.74, 6) is 5.55. The molecule has 1 aromatic rings. The quantitative estimate of drug-likeness (QED) is 0.276. The molecule has 1 saturated heterocycles. The Labute approximate surface area is 185 Å². The smallest absolute Gasteiger partial charge is 0.416 e. The number of nitrogens with two attached hydrogens (primary N) is 1. The molecule has 1 aromatic carbocycles. The molecule has 0 saturated carbocycles. The number of nitrogens with zero attached hydrogens (tertiary/aromatic N) is 2. The van der Waals surface area contributed by atoms with E-state index in [1.807, 2.05) is 0 Å². The molecule has 1 aliphatic rings. The second-order valence-corrected chi connectivity index (χ2v) is 6.19. The summed E-state index contributed by atoms with van der Waals surface area (Å²) in [5, 5.41) is 3.07. The minimum Gasteiger partial charge on any atom is -0.450 e. The van der Waals surface area contributed by atoms with Crippen molar-refractivity contribution in [3.05, 3.63) is 35.4 Å². The van der Waals surface area contributed by atoms with E-state index in [9.17, 15) is 18.0 Å². The highest BCUT2D eigenvalue weighted by molar-refractivity contribution is 14.0.